The van der Waals surface area contributed by atoms with Gasteiger partial charge in [0.2, 0.25) is 5.43 Å². The van der Waals surface area contributed by atoms with Gasteiger partial charge in [0.1, 0.15) is 5.60 Å². The third-order valence-corrected chi connectivity index (χ3v) is 3.88. The fraction of sp³-hybridized carbons (Fsp3) is 0.444. The molecule has 2 aliphatic rings. The van der Waals surface area contributed by atoms with E-state index in [1.54, 1.807) is 32.9 Å². The Morgan fingerprint density at radius 3 is 2.68 bits per heavy atom. The summed E-state index contributed by atoms with van der Waals surface area (Å²) in [5.41, 5.74) is 1.18. The molecule has 0 aliphatic heterocycles. The van der Waals surface area contributed by atoms with Gasteiger partial charge in [0.15, 0.2) is 5.75 Å². The Hall–Kier alpha value is -2.10. The Kier molecular flexibility index (Phi) is 3.55. The van der Waals surface area contributed by atoms with Crippen LogP contribution in [0.2, 0.25) is 0 Å². The number of rotatable bonds is 2. The number of hydrogen-bond acceptors (Lipinski definition) is 4. The molecule has 0 amide bonds. The minimum absolute atomic E-state index is 0.00993. The van der Waals surface area contributed by atoms with Crippen molar-refractivity contribution in [3.05, 3.63) is 46.1 Å². The highest BCUT2D eigenvalue weighted by atomic mass is 16.7. The number of allylic oxidation sites excluding steroid dienone is 2. The van der Waals surface area contributed by atoms with Gasteiger partial charge in [0, 0.05) is 0 Å². The van der Waals surface area contributed by atoms with E-state index in [9.17, 15) is 9.59 Å². The first kappa shape index (κ1) is 14.8. The first-order valence-corrected chi connectivity index (χ1v) is 7.58. The molecule has 0 radical (unpaired) electrons. The summed E-state index contributed by atoms with van der Waals surface area (Å²) in [7, 11) is 0. The number of carbonyl (C=O) groups is 1. The summed E-state index contributed by atoms with van der Waals surface area (Å²) in [6.07, 6.45) is 3.72. The van der Waals surface area contributed by atoms with Gasteiger partial charge in [-0.15, -0.1) is 0 Å². The van der Waals surface area contributed by atoms with E-state index in [0.717, 1.165) is 17.9 Å². The van der Waals surface area contributed by atoms with Crippen molar-refractivity contribution in [1.82, 2.24) is 0 Å². The minimum Gasteiger partial charge on any atom is -0.428 e. The third kappa shape index (κ3) is 3.38. The Labute approximate surface area is 129 Å². The van der Waals surface area contributed by atoms with Crippen LogP contribution in [0, 0.1) is 11.8 Å². The maximum atomic E-state index is 12.0. The topological polar surface area (TPSA) is 52.6 Å². The van der Waals surface area contributed by atoms with Crippen molar-refractivity contribution in [3.63, 3.8) is 0 Å². The van der Waals surface area contributed by atoms with Crippen molar-refractivity contribution < 1.29 is 14.3 Å². The highest BCUT2D eigenvalue weighted by molar-refractivity contribution is 5.71. The van der Waals surface area contributed by atoms with Crippen LogP contribution >= 0.6 is 0 Å². The molecule has 4 heteroatoms. The molecule has 0 spiro atoms. The van der Waals surface area contributed by atoms with Gasteiger partial charge in [-0.3, -0.25) is 4.79 Å². The van der Waals surface area contributed by atoms with Gasteiger partial charge in [-0.05, 0) is 68.7 Å². The van der Waals surface area contributed by atoms with Crippen molar-refractivity contribution >= 4 is 11.7 Å². The van der Waals surface area contributed by atoms with E-state index in [1.807, 2.05) is 6.07 Å². The molecule has 4 nitrogen and oxygen atoms in total. The van der Waals surface area contributed by atoms with Crippen LogP contribution < -0.4 is 10.2 Å². The SMILES string of the molecule is CC(C)(C)OC(=O)Oc1cc(C2=CC3CC3C2)cccc1=O. The van der Waals surface area contributed by atoms with E-state index in [4.69, 9.17) is 9.47 Å². The van der Waals surface area contributed by atoms with Gasteiger partial charge in [0.25, 0.3) is 0 Å². The zero-order valence-corrected chi connectivity index (χ0v) is 13.1. The Balaban J connectivity index is 1.84. The van der Waals surface area contributed by atoms with E-state index in [1.165, 1.54) is 18.1 Å². The summed E-state index contributed by atoms with van der Waals surface area (Å²) < 4.78 is 10.2. The van der Waals surface area contributed by atoms with Gasteiger partial charge >= 0.3 is 6.16 Å². The van der Waals surface area contributed by atoms with Crippen LogP contribution in [0.25, 0.3) is 5.57 Å². The summed E-state index contributed by atoms with van der Waals surface area (Å²) in [5, 5.41) is 0. The molecule has 2 unspecified atom stereocenters. The van der Waals surface area contributed by atoms with Gasteiger partial charge in [-0.1, -0.05) is 18.2 Å². The van der Waals surface area contributed by atoms with E-state index >= 15 is 0 Å². The van der Waals surface area contributed by atoms with Gasteiger partial charge in [0.05, 0.1) is 0 Å². The zero-order chi connectivity index (χ0) is 15.9. The third-order valence-electron chi connectivity index (χ3n) is 3.88. The summed E-state index contributed by atoms with van der Waals surface area (Å²) in [6.45, 7) is 5.25. The average molecular weight is 300 g/mol. The van der Waals surface area contributed by atoms with Gasteiger partial charge in [-0.25, -0.2) is 4.79 Å². The van der Waals surface area contributed by atoms with Gasteiger partial charge < -0.3 is 9.47 Å². The molecule has 1 aromatic carbocycles. The quantitative estimate of drug-likeness (QED) is 0.780. The lowest BCUT2D eigenvalue weighted by Crippen LogP contribution is -2.27. The van der Waals surface area contributed by atoms with E-state index in [-0.39, 0.29) is 11.2 Å². The average Bonchev–Trinajstić information content (AvgIpc) is 3.05. The molecule has 1 aromatic rings. The summed E-state index contributed by atoms with van der Waals surface area (Å²) in [4.78, 5) is 23.8. The largest absolute Gasteiger partial charge is 0.514 e. The molecule has 3 rings (SSSR count). The van der Waals surface area contributed by atoms with Crippen molar-refractivity contribution in [1.29, 1.82) is 0 Å². The normalized spacial score (nSPS) is 22.6. The molecular formula is C18H20O4. The fourth-order valence-corrected chi connectivity index (χ4v) is 2.75. The van der Waals surface area contributed by atoms with Crippen LogP contribution in [0.4, 0.5) is 4.79 Å². The standard InChI is InChI=1S/C18H20O4/c1-18(2,3)22-17(20)21-16-10-11(5-4-6-15(16)19)12-7-13-9-14(13)8-12/h4-7,10,13-14H,8-9H2,1-3H3. The van der Waals surface area contributed by atoms with Crippen molar-refractivity contribution in [2.75, 3.05) is 0 Å². The molecule has 1 saturated carbocycles. The molecule has 0 saturated heterocycles. The molecule has 116 valence electrons. The molecule has 2 atom stereocenters. The number of ether oxygens (including phenoxy) is 2. The lowest BCUT2D eigenvalue weighted by molar-refractivity contribution is 0.0204. The van der Waals surface area contributed by atoms with Crippen LogP contribution in [0.3, 0.4) is 0 Å². The van der Waals surface area contributed by atoms with E-state index < -0.39 is 11.8 Å². The first-order chi connectivity index (χ1) is 10.3. The highest BCUT2D eigenvalue weighted by Crippen LogP contribution is 2.52. The molecule has 0 N–H and O–H groups in total. The smallest absolute Gasteiger partial charge is 0.428 e. The molecule has 22 heavy (non-hydrogen) atoms. The highest BCUT2D eigenvalue weighted by Gasteiger charge is 2.40. The summed E-state index contributed by atoms with van der Waals surface area (Å²) in [6, 6.07) is 6.63. The van der Waals surface area contributed by atoms with E-state index in [0.29, 0.717) is 5.92 Å². The summed E-state index contributed by atoms with van der Waals surface area (Å²) >= 11 is 0. The predicted octanol–water partition coefficient (Wildman–Crippen LogP) is 3.78. The van der Waals surface area contributed by atoms with Crippen LogP contribution in [0.1, 0.15) is 39.2 Å². The number of carbonyl (C=O) groups excluding carboxylic acids is 1. The van der Waals surface area contributed by atoms with Crippen LogP contribution in [0.15, 0.2) is 35.1 Å². The van der Waals surface area contributed by atoms with Crippen molar-refractivity contribution in [3.8, 4) is 5.75 Å². The van der Waals surface area contributed by atoms with Crippen LogP contribution in [-0.4, -0.2) is 11.8 Å². The maximum Gasteiger partial charge on any atom is 0.514 e. The molecular weight excluding hydrogens is 280 g/mol. The Morgan fingerprint density at radius 1 is 1.27 bits per heavy atom. The lowest BCUT2D eigenvalue weighted by Gasteiger charge is -2.18. The predicted molar refractivity (Wildman–Crippen MR) is 83.8 cm³/mol. The van der Waals surface area contributed by atoms with Gasteiger partial charge in [-0.2, -0.15) is 0 Å². The minimum atomic E-state index is -0.856. The summed E-state index contributed by atoms with van der Waals surface area (Å²) in [5.74, 6) is 1.47. The maximum absolute atomic E-state index is 12.0. The number of fused-ring (bicyclic) bond motifs is 1. The molecule has 1 fully saturated rings. The second kappa shape index (κ2) is 5.27. The molecule has 0 heterocycles. The van der Waals surface area contributed by atoms with E-state index in [2.05, 4.69) is 6.08 Å². The Bertz CT molecular complexity index is 697. The second-order valence-corrected chi connectivity index (χ2v) is 6.98. The first-order valence-electron chi connectivity index (χ1n) is 7.58. The lowest BCUT2D eigenvalue weighted by atomic mass is 10.1. The van der Waals surface area contributed by atoms with Crippen molar-refractivity contribution in [2.45, 2.75) is 39.2 Å². The molecule has 2 aliphatic carbocycles. The molecule has 0 bridgehead atoms. The zero-order valence-electron chi connectivity index (χ0n) is 13.1. The fourth-order valence-electron chi connectivity index (χ4n) is 2.75. The van der Waals surface area contributed by atoms with Crippen LogP contribution in [0.5, 0.6) is 5.75 Å². The molecule has 0 aromatic heterocycles. The van der Waals surface area contributed by atoms with Crippen molar-refractivity contribution in [2.24, 2.45) is 11.8 Å². The van der Waals surface area contributed by atoms with Crippen LogP contribution in [-0.2, 0) is 4.74 Å². The Morgan fingerprint density at radius 2 is 2.05 bits per heavy atom. The number of hydrogen-bond donors (Lipinski definition) is 0. The second-order valence-electron chi connectivity index (χ2n) is 6.98. The monoisotopic (exact) mass is 300 g/mol.